The zero-order chi connectivity index (χ0) is 22.4. The van der Waals surface area contributed by atoms with Crippen LogP contribution in [0, 0.1) is 5.92 Å². The van der Waals surface area contributed by atoms with E-state index in [0.29, 0.717) is 23.6 Å². The Kier molecular flexibility index (Phi) is 7.21. The van der Waals surface area contributed by atoms with Crippen molar-refractivity contribution in [1.29, 1.82) is 0 Å². The van der Waals surface area contributed by atoms with E-state index in [0.717, 1.165) is 19.3 Å². The van der Waals surface area contributed by atoms with Gasteiger partial charge in [0.1, 0.15) is 17.5 Å². The number of benzene rings is 2. The molecule has 1 atom stereocenters. The highest BCUT2D eigenvalue weighted by atomic mass is 16.5. The number of methoxy groups -OCH3 is 2. The fourth-order valence-corrected chi connectivity index (χ4v) is 4.03. The summed E-state index contributed by atoms with van der Waals surface area (Å²) in [7, 11) is 3.06. The van der Waals surface area contributed by atoms with Crippen LogP contribution in [0.15, 0.2) is 48.5 Å². The smallest absolute Gasteiger partial charge is 0.252 e. The Morgan fingerprint density at radius 2 is 1.61 bits per heavy atom. The molecule has 2 N–H and O–H groups in total. The molecule has 6 heteroatoms. The lowest BCUT2D eigenvalue weighted by Gasteiger charge is -2.43. The fraction of sp³-hybridized carbons (Fsp3) is 0.440. The number of ether oxygens (including phenoxy) is 2. The van der Waals surface area contributed by atoms with Gasteiger partial charge >= 0.3 is 0 Å². The van der Waals surface area contributed by atoms with Crippen LogP contribution < -0.4 is 20.1 Å². The summed E-state index contributed by atoms with van der Waals surface area (Å²) in [6.07, 6.45) is 3.27. The minimum Gasteiger partial charge on any atom is -0.497 e. The van der Waals surface area contributed by atoms with Crippen molar-refractivity contribution in [3.63, 3.8) is 0 Å². The molecule has 1 saturated carbocycles. The molecule has 0 heterocycles. The molecule has 0 bridgehead atoms. The molecule has 1 aliphatic carbocycles. The molecule has 1 fully saturated rings. The molecule has 31 heavy (non-hydrogen) atoms. The molecule has 0 saturated heterocycles. The van der Waals surface area contributed by atoms with Gasteiger partial charge in [-0.25, -0.2) is 0 Å². The van der Waals surface area contributed by atoms with Crippen molar-refractivity contribution < 1.29 is 19.1 Å². The van der Waals surface area contributed by atoms with Crippen LogP contribution in [0.3, 0.4) is 0 Å². The topological polar surface area (TPSA) is 76.7 Å². The van der Waals surface area contributed by atoms with E-state index in [2.05, 4.69) is 22.8 Å². The van der Waals surface area contributed by atoms with E-state index in [1.54, 1.807) is 18.2 Å². The number of carbonyl (C=O) groups excluding carboxylic acids is 2. The van der Waals surface area contributed by atoms with Crippen molar-refractivity contribution in [3.05, 3.63) is 59.7 Å². The summed E-state index contributed by atoms with van der Waals surface area (Å²) in [5, 5.41) is 5.99. The van der Waals surface area contributed by atoms with Gasteiger partial charge in [-0.15, -0.1) is 0 Å². The molecule has 0 aliphatic heterocycles. The normalized spacial score (nSPS) is 15.5. The highest BCUT2D eigenvalue weighted by Gasteiger charge is 2.39. The highest BCUT2D eigenvalue weighted by Crippen LogP contribution is 2.43. The highest BCUT2D eigenvalue weighted by molar-refractivity contribution is 5.98. The van der Waals surface area contributed by atoms with Gasteiger partial charge in [0.15, 0.2) is 0 Å². The Morgan fingerprint density at radius 3 is 2.10 bits per heavy atom. The maximum absolute atomic E-state index is 13.0. The first-order valence-electron chi connectivity index (χ1n) is 10.8. The van der Waals surface area contributed by atoms with Crippen LogP contribution >= 0.6 is 0 Å². The van der Waals surface area contributed by atoms with Crippen LogP contribution in [0.2, 0.25) is 0 Å². The number of hydrogen-bond donors (Lipinski definition) is 2. The van der Waals surface area contributed by atoms with E-state index in [9.17, 15) is 9.59 Å². The van der Waals surface area contributed by atoms with Gasteiger partial charge in [0, 0.05) is 23.6 Å². The Morgan fingerprint density at radius 1 is 1.00 bits per heavy atom. The van der Waals surface area contributed by atoms with E-state index < -0.39 is 6.04 Å². The third-order valence-electron chi connectivity index (χ3n) is 6.15. The molecule has 0 unspecified atom stereocenters. The van der Waals surface area contributed by atoms with E-state index >= 15 is 0 Å². The van der Waals surface area contributed by atoms with Gasteiger partial charge in [-0.1, -0.05) is 50.6 Å². The fourth-order valence-electron chi connectivity index (χ4n) is 4.03. The average molecular weight is 425 g/mol. The van der Waals surface area contributed by atoms with E-state index in [1.165, 1.54) is 19.8 Å². The maximum atomic E-state index is 13.0. The molecule has 1 aliphatic rings. The van der Waals surface area contributed by atoms with Crippen LogP contribution in [-0.4, -0.2) is 38.6 Å². The zero-order valence-electron chi connectivity index (χ0n) is 18.7. The summed E-state index contributed by atoms with van der Waals surface area (Å²) in [4.78, 5) is 25.9. The molecule has 2 amide bonds. The van der Waals surface area contributed by atoms with Crippen LogP contribution in [0.1, 0.15) is 49.0 Å². The van der Waals surface area contributed by atoms with Crippen LogP contribution in [-0.2, 0) is 10.2 Å². The number of rotatable bonds is 9. The lowest BCUT2D eigenvalue weighted by molar-refractivity contribution is -0.124. The SMILES string of the molecule is COc1cc(OC)cc(C(=O)N[C@@H](C(=O)NCC2(c3ccccc3)CCC2)C(C)C)c1. The summed E-state index contributed by atoms with van der Waals surface area (Å²) in [5.41, 5.74) is 1.63. The molecule has 166 valence electrons. The summed E-state index contributed by atoms with van der Waals surface area (Å²) < 4.78 is 10.5. The second-order valence-corrected chi connectivity index (χ2v) is 8.51. The molecule has 6 nitrogen and oxygen atoms in total. The van der Waals surface area contributed by atoms with E-state index in [1.807, 2.05) is 32.0 Å². The standard InChI is InChI=1S/C25H32N2O4/c1-17(2)22(27-23(28)18-13-20(30-3)15-21(14-18)31-4)24(29)26-16-25(11-8-12-25)19-9-6-5-7-10-19/h5-7,9-10,13-15,17,22H,8,11-12,16H2,1-4H3,(H,26,29)(H,27,28)/t22-/m1/s1. The minimum atomic E-state index is -0.641. The van der Waals surface area contributed by atoms with Crippen LogP contribution in [0.4, 0.5) is 0 Å². The number of carbonyl (C=O) groups is 2. The monoisotopic (exact) mass is 424 g/mol. The lowest BCUT2D eigenvalue weighted by atomic mass is 9.64. The van der Waals surface area contributed by atoms with Gasteiger partial charge in [-0.2, -0.15) is 0 Å². The quantitative estimate of drug-likeness (QED) is 0.644. The molecular formula is C25H32N2O4. The predicted octanol–water partition coefficient (Wildman–Crippen LogP) is 3.70. The predicted molar refractivity (Wildman–Crippen MR) is 121 cm³/mol. The maximum Gasteiger partial charge on any atom is 0.252 e. The van der Waals surface area contributed by atoms with Crippen LogP contribution in [0.25, 0.3) is 0 Å². The molecule has 0 spiro atoms. The molecule has 0 radical (unpaired) electrons. The van der Waals surface area contributed by atoms with E-state index in [4.69, 9.17) is 9.47 Å². The first-order chi connectivity index (χ1) is 14.9. The second kappa shape index (κ2) is 9.86. The van der Waals surface area contributed by atoms with Crippen molar-refractivity contribution in [2.24, 2.45) is 5.92 Å². The van der Waals surface area contributed by atoms with Gasteiger partial charge in [0.25, 0.3) is 5.91 Å². The van der Waals surface area contributed by atoms with Gasteiger partial charge < -0.3 is 20.1 Å². The molecule has 2 aromatic carbocycles. The van der Waals surface area contributed by atoms with Gasteiger partial charge in [0.05, 0.1) is 14.2 Å². The summed E-state index contributed by atoms with van der Waals surface area (Å²) >= 11 is 0. The van der Waals surface area contributed by atoms with Crippen molar-refractivity contribution in [2.75, 3.05) is 20.8 Å². The van der Waals surface area contributed by atoms with Gasteiger partial charge in [-0.05, 0) is 36.5 Å². The zero-order valence-corrected chi connectivity index (χ0v) is 18.7. The Labute approximate surface area is 184 Å². The van der Waals surface area contributed by atoms with Crippen LogP contribution in [0.5, 0.6) is 11.5 Å². The van der Waals surface area contributed by atoms with Crippen molar-refractivity contribution in [2.45, 2.75) is 44.6 Å². The van der Waals surface area contributed by atoms with Crippen molar-refractivity contribution in [1.82, 2.24) is 10.6 Å². The van der Waals surface area contributed by atoms with Gasteiger partial charge in [0.2, 0.25) is 5.91 Å². The van der Waals surface area contributed by atoms with Crippen molar-refractivity contribution >= 4 is 11.8 Å². The molecular weight excluding hydrogens is 392 g/mol. The molecule has 0 aromatic heterocycles. The minimum absolute atomic E-state index is 0.0113. The second-order valence-electron chi connectivity index (χ2n) is 8.51. The first-order valence-corrected chi connectivity index (χ1v) is 10.8. The number of hydrogen-bond acceptors (Lipinski definition) is 4. The number of amides is 2. The third-order valence-corrected chi connectivity index (χ3v) is 6.15. The van der Waals surface area contributed by atoms with E-state index in [-0.39, 0.29) is 23.1 Å². The molecule has 2 aromatic rings. The molecule has 3 rings (SSSR count). The summed E-state index contributed by atoms with van der Waals surface area (Å²) in [5.74, 6) is 0.466. The largest absolute Gasteiger partial charge is 0.497 e. The number of nitrogens with one attached hydrogen (secondary N) is 2. The Hall–Kier alpha value is -3.02. The average Bonchev–Trinajstić information content (AvgIpc) is 2.76. The Balaban J connectivity index is 1.69. The Bertz CT molecular complexity index is 885. The summed E-state index contributed by atoms with van der Waals surface area (Å²) in [6, 6.07) is 14.7. The third kappa shape index (κ3) is 5.19. The van der Waals surface area contributed by atoms with Crippen molar-refractivity contribution in [3.8, 4) is 11.5 Å². The summed E-state index contributed by atoms with van der Waals surface area (Å²) in [6.45, 7) is 4.42. The first kappa shape index (κ1) is 22.7. The lowest BCUT2D eigenvalue weighted by Crippen LogP contribution is -2.53. The van der Waals surface area contributed by atoms with Gasteiger partial charge in [-0.3, -0.25) is 9.59 Å².